The first kappa shape index (κ1) is 16.3. The zero-order valence-corrected chi connectivity index (χ0v) is 14.4. The monoisotopic (exact) mass is 344 g/mol. The Bertz CT molecular complexity index is 671. The van der Waals surface area contributed by atoms with Crippen LogP contribution in [0.3, 0.4) is 0 Å². The lowest BCUT2D eigenvalue weighted by Crippen LogP contribution is -2.41. The number of benzene rings is 1. The van der Waals surface area contributed by atoms with Crippen LogP contribution in [0.2, 0.25) is 0 Å². The van der Waals surface area contributed by atoms with E-state index in [1.807, 2.05) is 12.1 Å². The van der Waals surface area contributed by atoms with Crippen LogP contribution in [0.15, 0.2) is 36.3 Å². The van der Waals surface area contributed by atoms with Crippen LogP contribution in [-0.4, -0.2) is 49.8 Å². The second kappa shape index (κ2) is 6.96. The summed E-state index contributed by atoms with van der Waals surface area (Å²) in [7, 11) is 1.68. The number of hydrogen-bond acceptors (Lipinski definition) is 5. The minimum atomic E-state index is -0.199. The van der Waals surface area contributed by atoms with Crippen LogP contribution in [0, 0.1) is 0 Å². The molecule has 2 aliphatic heterocycles. The van der Waals surface area contributed by atoms with E-state index < -0.39 is 0 Å². The van der Waals surface area contributed by atoms with Gasteiger partial charge in [-0.1, -0.05) is 12.1 Å². The van der Waals surface area contributed by atoms with Gasteiger partial charge >= 0.3 is 0 Å². The van der Waals surface area contributed by atoms with Gasteiger partial charge < -0.3 is 19.5 Å². The van der Waals surface area contributed by atoms with Gasteiger partial charge in [-0.05, 0) is 37.0 Å². The van der Waals surface area contributed by atoms with Crippen LogP contribution < -0.4 is 10.1 Å². The summed E-state index contributed by atoms with van der Waals surface area (Å²) in [5.41, 5.74) is 1.18. The minimum absolute atomic E-state index is 0.0478. The number of nitrogens with zero attached hydrogens (tertiary/aromatic N) is 1. The first-order valence-corrected chi connectivity index (χ1v) is 8.91. The number of likely N-dealkylation sites (tertiary alicyclic amines) is 1. The Morgan fingerprint density at radius 2 is 2.16 bits per heavy atom. The first-order chi connectivity index (χ1) is 12.3. The van der Waals surface area contributed by atoms with E-state index in [4.69, 9.17) is 14.2 Å². The first-order valence-electron chi connectivity index (χ1n) is 8.91. The standard InChI is InChI=1S/C19H24N2O4/c1-23-15-4-2-3-13(11-15)18-16(7-8-21(18)14-5-6-14)20-19(22)17-12-24-9-10-25-17/h2-4,11-12,14,16,18H,5-10H2,1H3,(H,20,22). The molecule has 0 bridgehead atoms. The lowest BCUT2D eigenvalue weighted by atomic mass is 9.99. The number of nitrogens with one attached hydrogen (secondary N) is 1. The maximum absolute atomic E-state index is 12.5. The van der Waals surface area contributed by atoms with Crippen molar-refractivity contribution in [2.24, 2.45) is 0 Å². The maximum atomic E-state index is 12.5. The number of carbonyl (C=O) groups excluding carboxylic acids is 1. The van der Waals surface area contributed by atoms with Gasteiger partial charge in [-0.2, -0.15) is 0 Å². The summed E-state index contributed by atoms with van der Waals surface area (Å²) < 4.78 is 16.0. The normalized spacial score (nSPS) is 26.4. The summed E-state index contributed by atoms with van der Waals surface area (Å²) >= 11 is 0. The van der Waals surface area contributed by atoms with E-state index in [2.05, 4.69) is 22.3 Å². The van der Waals surface area contributed by atoms with E-state index in [0.29, 0.717) is 19.3 Å². The van der Waals surface area contributed by atoms with E-state index in [1.54, 1.807) is 7.11 Å². The maximum Gasteiger partial charge on any atom is 0.289 e. The third-order valence-electron chi connectivity index (χ3n) is 5.08. The lowest BCUT2D eigenvalue weighted by molar-refractivity contribution is -0.123. The Morgan fingerprint density at radius 3 is 2.88 bits per heavy atom. The Hall–Kier alpha value is -2.21. The summed E-state index contributed by atoms with van der Waals surface area (Å²) in [6, 6.07) is 8.99. The van der Waals surface area contributed by atoms with Crippen molar-refractivity contribution in [3.8, 4) is 5.75 Å². The van der Waals surface area contributed by atoms with Crippen molar-refractivity contribution < 1.29 is 19.0 Å². The van der Waals surface area contributed by atoms with Crippen LogP contribution in [0.5, 0.6) is 5.75 Å². The second-order valence-corrected chi connectivity index (χ2v) is 6.76. The van der Waals surface area contributed by atoms with Crippen molar-refractivity contribution in [1.29, 1.82) is 0 Å². The molecule has 1 aliphatic carbocycles. The predicted molar refractivity (Wildman–Crippen MR) is 92.0 cm³/mol. The molecule has 1 aromatic carbocycles. The van der Waals surface area contributed by atoms with Crippen molar-refractivity contribution in [3.63, 3.8) is 0 Å². The van der Waals surface area contributed by atoms with Crippen LogP contribution in [0.25, 0.3) is 0 Å². The largest absolute Gasteiger partial charge is 0.497 e. The minimum Gasteiger partial charge on any atom is -0.497 e. The van der Waals surface area contributed by atoms with Gasteiger partial charge in [0.15, 0.2) is 0 Å². The molecule has 134 valence electrons. The van der Waals surface area contributed by atoms with Gasteiger partial charge in [0.2, 0.25) is 5.76 Å². The Labute approximate surface area is 147 Å². The average Bonchev–Trinajstić information content (AvgIpc) is 3.43. The molecular weight excluding hydrogens is 320 g/mol. The quantitative estimate of drug-likeness (QED) is 0.885. The van der Waals surface area contributed by atoms with E-state index >= 15 is 0 Å². The van der Waals surface area contributed by atoms with Crippen molar-refractivity contribution in [2.45, 2.75) is 37.4 Å². The Morgan fingerprint density at radius 1 is 1.28 bits per heavy atom. The Balaban J connectivity index is 1.55. The molecule has 0 spiro atoms. The molecule has 6 heteroatoms. The average molecular weight is 344 g/mol. The summed E-state index contributed by atoms with van der Waals surface area (Å²) in [6.07, 6.45) is 4.82. The number of methoxy groups -OCH3 is 1. The van der Waals surface area contributed by atoms with Crippen LogP contribution in [-0.2, 0) is 14.3 Å². The molecule has 0 radical (unpaired) electrons. The molecule has 3 aliphatic rings. The molecule has 1 N–H and O–H groups in total. The van der Waals surface area contributed by atoms with Gasteiger partial charge in [0.25, 0.3) is 5.91 Å². The molecule has 0 aromatic heterocycles. The highest BCUT2D eigenvalue weighted by Crippen LogP contribution is 2.41. The number of carbonyl (C=O) groups is 1. The van der Waals surface area contributed by atoms with Crippen molar-refractivity contribution in [3.05, 3.63) is 41.9 Å². The van der Waals surface area contributed by atoms with Gasteiger partial charge in [0.1, 0.15) is 25.2 Å². The molecule has 2 unspecified atom stereocenters. The molecule has 2 heterocycles. The van der Waals surface area contributed by atoms with E-state index in [9.17, 15) is 4.79 Å². The van der Waals surface area contributed by atoms with E-state index in [1.165, 1.54) is 24.7 Å². The van der Waals surface area contributed by atoms with E-state index in [-0.39, 0.29) is 23.8 Å². The SMILES string of the molecule is COc1cccc(C2C(NC(=O)C3=COCCO3)CCN2C2CC2)c1. The molecule has 1 saturated heterocycles. The third kappa shape index (κ3) is 3.44. The van der Waals surface area contributed by atoms with Gasteiger partial charge in [-0.25, -0.2) is 0 Å². The van der Waals surface area contributed by atoms with Crippen molar-refractivity contribution in [2.75, 3.05) is 26.9 Å². The van der Waals surface area contributed by atoms with Crippen LogP contribution in [0.4, 0.5) is 0 Å². The van der Waals surface area contributed by atoms with Crippen LogP contribution in [0.1, 0.15) is 30.9 Å². The summed E-state index contributed by atoms with van der Waals surface area (Å²) in [4.78, 5) is 15.0. The van der Waals surface area contributed by atoms with E-state index in [0.717, 1.165) is 18.7 Å². The zero-order valence-electron chi connectivity index (χ0n) is 14.4. The molecule has 1 amide bonds. The van der Waals surface area contributed by atoms with Gasteiger partial charge in [-0.15, -0.1) is 0 Å². The molecule has 1 aromatic rings. The smallest absolute Gasteiger partial charge is 0.289 e. The predicted octanol–water partition coefficient (Wildman–Crippen LogP) is 1.98. The zero-order chi connectivity index (χ0) is 17.2. The van der Waals surface area contributed by atoms with Gasteiger partial charge in [0, 0.05) is 12.6 Å². The number of amides is 1. The molecular formula is C19H24N2O4. The van der Waals surface area contributed by atoms with Crippen LogP contribution >= 0.6 is 0 Å². The van der Waals surface area contributed by atoms with Gasteiger partial charge in [0.05, 0.1) is 19.2 Å². The third-order valence-corrected chi connectivity index (χ3v) is 5.08. The molecule has 2 fully saturated rings. The summed E-state index contributed by atoms with van der Waals surface area (Å²) in [5, 5.41) is 3.15. The van der Waals surface area contributed by atoms with Crippen molar-refractivity contribution >= 4 is 5.91 Å². The van der Waals surface area contributed by atoms with Gasteiger partial charge in [-0.3, -0.25) is 9.69 Å². The number of rotatable bonds is 5. The fourth-order valence-corrected chi connectivity index (χ4v) is 3.76. The topological polar surface area (TPSA) is 60.0 Å². The fourth-order valence-electron chi connectivity index (χ4n) is 3.76. The highest BCUT2D eigenvalue weighted by Gasteiger charge is 2.43. The second-order valence-electron chi connectivity index (χ2n) is 6.76. The Kier molecular flexibility index (Phi) is 4.53. The molecule has 4 rings (SSSR count). The highest BCUT2D eigenvalue weighted by atomic mass is 16.6. The highest BCUT2D eigenvalue weighted by molar-refractivity contribution is 5.91. The summed E-state index contributed by atoms with van der Waals surface area (Å²) in [6.45, 7) is 1.90. The lowest BCUT2D eigenvalue weighted by Gasteiger charge is -2.29. The fraction of sp³-hybridized carbons (Fsp3) is 0.526. The number of hydrogen-bond donors (Lipinski definition) is 1. The molecule has 25 heavy (non-hydrogen) atoms. The molecule has 2 atom stereocenters. The molecule has 6 nitrogen and oxygen atoms in total. The summed E-state index contributed by atoms with van der Waals surface area (Å²) in [5.74, 6) is 0.910. The number of ether oxygens (including phenoxy) is 3. The molecule has 1 saturated carbocycles. The van der Waals surface area contributed by atoms with Crippen molar-refractivity contribution in [1.82, 2.24) is 10.2 Å².